The lowest BCUT2D eigenvalue weighted by Gasteiger charge is -1.95. The van der Waals surface area contributed by atoms with Crippen LogP contribution in [0, 0.1) is 0 Å². The molecule has 2 heterocycles. The number of anilines is 1. The van der Waals surface area contributed by atoms with Crippen molar-refractivity contribution in [3.63, 3.8) is 0 Å². The summed E-state index contributed by atoms with van der Waals surface area (Å²) >= 11 is 1.35. The van der Waals surface area contributed by atoms with E-state index in [1.165, 1.54) is 17.6 Å². The summed E-state index contributed by atoms with van der Waals surface area (Å²) in [5.41, 5.74) is 5.40. The van der Waals surface area contributed by atoms with Crippen LogP contribution in [0.2, 0.25) is 0 Å². The Kier molecular flexibility index (Phi) is 3.84. The summed E-state index contributed by atoms with van der Waals surface area (Å²) in [6.07, 6.45) is 3.09. The lowest BCUT2D eigenvalue weighted by atomic mass is 10.3. The van der Waals surface area contributed by atoms with Gasteiger partial charge in [0.25, 0.3) is 5.91 Å². The monoisotopic (exact) mass is 252 g/mol. The molecule has 90 valence electrons. The number of hydrogen-bond acceptors (Lipinski definition) is 6. The van der Waals surface area contributed by atoms with Crippen LogP contribution in [0.25, 0.3) is 0 Å². The van der Waals surface area contributed by atoms with Gasteiger partial charge in [-0.3, -0.25) is 10.1 Å². The molecule has 17 heavy (non-hydrogen) atoms. The highest BCUT2D eigenvalue weighted by Gasteiger charge is 2.11. The molecule has 0 saturated heterocycles. The van der Waals surface area contributed by atoms with Gasteiger partial charge >= 0.3 is 0 Å². The van der Waals surface area contributed by atoms with E-state index < -0.39 is 0 Å². The van der Waals surface area contributed by atoms with Crippen molar-refractivity contribution in [1.29, 1.82) is 0 Å². The number of hydrogen-bond donors (Lipinski definition) is 2. The summed E-state index contributed by atoms with van der Waals surface area (Å²) < 4.78 is 4.97. The molecule has 2 rings (SSSR count). The first-order valence-corrected chi connectivity index (χ1v) is 5.98. The molecule has 0 aliphatic rings. The molecule has 0 bridgehead atoms. The fraction of sp³-hybridized carbons (Fsp3) is 0.300. The molecule has 0 spiro atoms. The van der Waals surface area contributed by atoms with Gasteiger partial charge in [-0.25, -0.2) is 0 Å². The van der Waals surface area contributed by atoms with Crippen molar-refractivity contribution in [3.8, 4) is 0 Å². The maximum absolute atomic E-state index is 11.6. The number of nitrogens with one attached hydrogen (secondary N) is 1. The smallest absolute Gasteiger partial charge is 0.293 e. The zero-order chi connectivity index (χ0) is 12.1. The Morgan fingerprint density at radius 2 is 2.41 bits per heavy atom. The SMILES string of the molecule is NCCCc1nnc(NC(=O)c2ccco2)s1. The van der Waals surface area contributed by atoms with Gasteiger partial charge in [-0.1, -0.05) is 11.3 Å². The van der Waals surface area contributed by atoms with Gasteiger partial charge in [0.1, 0.15) is 5.01 Å². The molecule has 7 heteroatoms. The number of nitrogens with zero attached hydrogens (tertiary/aromatic N) is 2. The largest absolute Gasteiger partial charge is 0.459 e. The summed E-state index contributed by atoms with van der Waals surface area (Å²) in [4.78, 5) is 11.6. The highest BCUT2D eigenvalue weighted by molar-refractivity contribution is 7.15. The Hall–Kier alpha value is -1.73. The average Bonchev–Trinajstić information content (AvgIpc) is 2.97. The van der Waals surface area contributed by atoms with Gasteiger partial charge in [0.15, 0.2) is 5.76 Å². The third-order valence-corrected chi connectivity index (χ3v) is 2.93. The van der Waals surface area contributed by atoms with E-state index >= 15 is 0 Å². The minimum Gasteiger partial charge on any atom is -0.459 e. The lowest BCUT2D eigenvalue weighted by molar-refractivity contribution is 0.0996. The number of nitrogens with two attached hydrogens (primary N) is 1. The summed E-state index contributed by atoms with van der Waals surface area (Å²) in [6, 6.07) is 3.24. The summed E-state index contributed by atoms with van der Waals surface area (Å²) in [6.45, 7) is 0.619. The third-order valence-electron chi connectivity index (χ3n) is 2.03. The van der Waals surface area contributed by atoms with Crippen molar-refractivity contribution in [2.75, 3.05) is 11.9 Å². The van der Waals surface area contributed by atoms with Crippen LogP contribution in [0.3, 0.4) is 0 Å². The predicted octanol–water partition coefficient (Wildman–Crippen LogP) is 1.27. The first kappa shape index (κ1) is 11.7. The zero-order valence-electron chi connectivity index (χ0n) is 9.05. The molecule has 0 atom stereocenters. The second-order valence-corrected chi connectivity index (χ2v) is 4.39. The number of amides is 1. The van der Waals surface area contributed by atoms with E-state index in [0.29, 0.717) is 11.7 Å². The minimum absolute atomic E-state index is 0.253. The maximum atomic E-state index is 11.6. The Morgan fingerprint density at radius 3 is 3.12 bits per heavy atom. The minimum atomic E-state index is -0.323. The summed E-state index contributed by atoms with van der Waals surface area (Å²) in [5.74, 6) is -0.0692. The van der Waals surface area contributed by atoms with Gasteiger partial charge in [-0.05, 0) is 25.1 Å². The molecule has 0 fully saturated rings. The average molecular weight is 252 g/mol. The molecular weight excluding hydrogens is 240 g/mol. The number of aromatic nitrogens is 2. The zero-order valence-corrected chi connectivity index (χ0v) is 9.87. The maximum Gasteiger partial charge on any atom is 0.293 e. The summed E-state index contributed by atoms with van der Waals surface area (Å²) in [7, 11) is 0. The molecule has 6 nitrogen and oxygen atoms in total. The number of carbonyl (C=O) groups is 1. The molecule has 2 aromatic rings. The molecule has 0 saturated carbocycles. The van der Waals surface area contributed by atoms with Gasteiger partial charge < -0.3 is 10.2 Å². The van der Waals surface area contributed by atoms with E-state index in [1.807, 2.05) is 0 Å². The van der Waals surface area contributed by atoms with Crippen LogP contribution < -0.4 is 11.1 Å². The van der Waals surface area contributed by atoms with E-state index in [4.69, 9.17) is 10.2 Å². The first-order chi connectivity index (χ1) is 8.29. The highest BCUT2D eigenvalue weighted by atomic mass is 32.1. The topological polar surface area (TPSA) is 94.0 Å². The van der Waals surface area contributed by atoms with Crippen LogP contribution in [0.4, 0.5) is 5.13 Å². The van der Waals surface area contributed by atoms with E-state index in [0.717, 1.165) is 17.8 Å². The summed E-state index contributed by atoms with van der Waals surface area (Å²) in [5, 5.41) is 11.8. The van der Waals surface area contributed by atoms with E-state index in [9.17, 15) is 4.79 Å². The number of aryl methyl sites for hydroxylation is 1. The number of rotatable bonds is 5. The van der Waals surface area contributed by atoms with E-state index in [1.54, 1.807) is 12.1 Å². The van der Waals surface area contributed by atoms with Crippen molar-refractivity contribution in [2.24, 2.45) is 5.73 Å². The van der Waals surface area contributed by atoms with Crippen molar-refractivity contribution < 1.29 is 9.21 Å². The fourth-order valence-corrected chi connectivity index (χ4v) is 2.00. The Morgan fingerprint density at radius 1 is 1.53 bits per heavy atom. The Labute approximate surface area is 102 Å². The van der Waals surface area contributed by atoms with Crippen molar-refractivity contribution >= 4 is 22.4 Å². The Balaban J connectivity index is 1.95. The van der Waals surface area contributed by atoms with Crippen molar-refractivity contribution in [2.45, 2.75) is 12.8 Å². The number of carbonyl (C=O) groups excluding carboxylic acids is 1. The van der Waals surface area contributed by atoms with Gasteiger partial charge in [0.05, 0.1) is 6.26 Å². The third kappa shape index (κ3) is 3.11. The molecule has 0 radical (unpaired) electrons. The van der Waals surface area contributed by atoms with Crippen LogP contribution in [0.5, 0.6) is 0 Å². The normalized spacial score (nSPS) is 10.4. The molecule has 0 aliphatic carbocycles. The van der Waals surface area contributed by atoms with Crippen LogP contribution in [-0.4, -0.2) is 22.6 Å². The predicted molar refractivity (Wildman–Crippen MR) is 63.9 cm³/mol. The van der Waals surface area contributed by atoms with Gasteiger partial charge in [-0.2, -0.15) is 0 Å². The molecular formula is C10H12N4O2S. The number of furan rings is 1. The molecule has 0 aliphatic heterocycles. The van der Waals surface area contributed by atoms with Crippen LogP contribution >= 0.6 is 11.3 Å². The van der Waals surface area contributed by atoms with Gasteiger partial charge in [0.2, 0.25) is 5.13 Å². The first-order valence-electron chi connectivity index (χ1n) is 5.17. The lowest BCUT2D eigenvalue weighted by Crippen LogP contribution is -2.10. The second-order valence-electron chi connectivity index (χ2n) is 3.32. The van der Waals surface area contributed by atoms with Crippen LogP contribution in [0.1, 0.15) is 22.0 Å². The second kappa shape index (κ2) is 5.55. The van der Waals surface area contributed by atoms with E-state index in [-0.39, 0.29) is 11.7 Å². The fourth-order valence-electron chi connectivity index (χ4n) is 1.22. The Bertz CT molecular complexity index is 480. The quantitative estimate of drug-likeness (QED) is 0.835. The standard InChI is InChI=1S/C10H12N4O2S/c11-5-1-4-8-13-14-10(17-8)12-9(15)7-3-2-6-16-7/h2-3,6H,1,4-5,11H2,(H,12,14,15). The molecule has 0 aromatic carbocycles. The molecule has 0 unspecified atom stereocenters. The van der Waals surface area contributed by atoms with Crippen molar-refractivity contribution in [1.82, 2.24) is 10.2 Å². The molecule has 3 N–H and O–H groups in total. The molecule has 1 amide bonds. The van der Waals surface area contributed by atoms with Crippen molar-refractivity contribution in [3.05, 3.63) is 29.2 Å². The van der Waals surface area contributed by atoms with Crippen LogP contribution in [0.15, 0.2) is 22.8 Å². The van der Waals surface area contributed by atoms with Crippen LogP contribution in [-0.2, 0) is 6.42 Å². The van der Waals surface area contributed by atoms with Gasteiger partial charge in [-0.15, -0.1) is 10.2 Å². The van der Waals surface area contributed by atoms with Gasteiger partial charge in [0, 0.05) is 6.42 Å². The molecule has 2 aromatic heterocycles. The van der Waals surface area contributed by atoms with E-state index in [2.05, 4.69) is 15.5 Å². The highest BCUT2D eigenvalue weighted by Crippen LogP contribution is 2.17.